The number of aryl methyl sites for hydroxylation is 1. The van der Waals surface area contributed by atoms with Gasteiger partial charge < -0.3 is 5.32 Å². The lowest BCUT2D eigenvalue weighted by Crippen LogP contribution is -2.10. The van der Waals surface area contributed by atoms with Crippen LogP contribution in [-0.4, -0.2) is 23.4 Å². The van der Waals surface area contributed by atoms with Crippen LogP contribution >= 0.6 is 0 Å². The Morgan fingerprint density at radius 1 is 1.12 bits per heavy atom. The van der Waals surface area contributed by atoms with Crippen molar-refractivity contribution in [1.29, 1.82) is 0 Å². The summed E-state index contributed by atoms with van der Waals surface area (Å²) >= 11 is 0. The topological polar surface area (TPSA) is 29.9 Å². The minimum absolute atomic E-state index is 0.852. The number of rotatable bonds is 5. The quantitative estimate of drug-likeness (QED) is 0.850. The third-order valence-electron chi connectivity index (χ3n) is 2.95. The number of hydrogen-bond donors (Lipinski definition) is 1. The summed E-state index contributed by atoms with van der Waals surface area (Å²) in [5.74, 6) is 0. The monoisotopic (exact) mass is 229 g/mol. The molecule has 3 nitrogen and oxygen atoms in total. The molecule has 1 aromatic carbocycles. The van der Waals surface area contributed by atoms with E-state index in [4.69, 9.17) is 0 Å². The summed E-state index contributed by atoms with van der Waals surface area (Å²) in [6.45, 7) is 3.96. The van der Waals surface area contributed by atoms with Crippen LogP contribution in [0.1, 0.15) is 16.8 Å². The van der Waals surface area contributed by atoms with Gasteiger partial charge in [-0.1, -0.05) is 24.3 Å². The van der Waals surface area contributed by atoms with E-state index in [9.17, 15) is 0 Å². The lowest BCUT2D eigenvalue weighted by molar-refractivity contribution is 0.665. The molecule has 90 valence electrons. The Bertz CT molecular complexity index is 457. The molecule has 3 heteroatoms. The van der Waals surface area contributed by atoms with Gasteiger partial charge in [0, 0.05) is 11.9 Å². The van der Waals surface area contributed by atoms with E-state index in [-0.39, 0.29) is 0 Å². The summed E-state index contributed by atoms with van der Waals surface area (Å²) < 4.78 is 2.02. The minimum Gasteiger partial charge on any atom is -0.319 e. The van der Waals surface area contributed by atoms with Crippen LogP contribution in [0.25, 0.3) is 0 Å². The second-order valence-electron chi connectivity index (χ2n) is 4.30. The minimum atomic E-state index is 0.852. The number of aromatic nitrogens is 2. The molecule has 2 aromatic rings. The van der Waals surface area contributed by atoms with Gasteiger partial charge in [0.05, 0.1) is 6.54 Å². The Morgan fingerprint density at radius 3 is 2.41 bits per heavy atom. The molecule has 0 radical (unpaired) electrons. The lowest BCUT2D eigenvalue weighted by atomic mass is 10.1. The van der Waals surface area contributed by atoms with E-state index in [1.165, 1.54) is 16.8 Å². The predicted octanol–water partition coefficient (Wildman–Crippen LogP) is 2.00. The van der Waals surface area contributed by atoms with Gasteiger partial charge in [0.1, 0.15) is 0 Å². The molecule has 17 heavy (non-hydrogen) atoms. The first-order valence-electron chi connectivity index (χ1n) is 6.00. The first-order valence-corrected chi connectivity index (χ1v) is 6.00. The number of likely N-dealkylation sites (N-methyl/N-ethyl adjacent to an activating group) is 1. The van der Waals surface area contributed by atoms with E-state index < -0.39 is 0 Å². The highest BCUT2D eigenvalue weighted by Crippen LogP contribution is 2.08. The summed E-state index contributed by atoms with van der Waals surface area (Å²) in [6.07, 6.45) is 2.92. The Labute approximate surface area is 102 Å². The third-order valence-corrected chi connectivity index (χ3v) is 2.95. The van der Waals surface area contributed by atoms with Crippen molar-refractivity contribution < 1.29 is 0 Å². The van der Waals surface area contributed by atoms with Crippen LogP contribution in [-0.2, 0) is 13.0 Å². The van der Waals surface area contributed by atoms with Crippen molar-refractivity contribution in [2.75, 3.05) is 13.6 Å². The fourth-order valence-corrected chi connectivity index (χ4v) is 1.82. The maximum Gasteiger partial charge on any atom is 0.0662 e. The molecule has 0 saturated heterocycles. The van der Waals surface area contributed by atoms with Crippen molar-refractivity contribution in [2.24, 2.45) is 0 Å². The molecule has 2 rings (SSSR count). The average molecular weight is 229 g/mol. The third kappa shape index (κ3) is 3.17. The van der Waals surface area contributed by atoms with Gasteiger partial charge in [-0.2, -0.15) is 5.10 Å². The molecule has 0 amide bonds. The van der Waals surface area contributed by atoms with E-state index in [0.29, 0.717) is 0 Å². The average Bonchev–Trinajstić information content (AvgIpc) is 2.74. The Hall–Kier alpha value is -1.61. The fraction of sp³-hybridized carbons (Fsp3) is 0.357. The summed E-state index contributed by atoms with van der Waals surface area (Å²) in [5.41, 5.74) is 3.87. The van der Waals surface area contributed by atoms with Gasteiger partial charge >= 0.3 is 0 Å². The van der Waals surface area contributed by atoms with Crippen molar-refractivity contribution in [3.05, 3.63) is 53.3 Å². The van der Waals surface area contributed by atoms with Gasteiger partial charge in [-0.05, 0) is 44.1 Å². The molecule has 0 aliphatic carbocycles. The van der Waals surface area contributed by atoms with Crippen LogP contribution in [0.4, 0.5) is 0 Å². The van der Waals surface area contributed by atoms with E-state index in [2.05, 4.69) is 41.6 Å². The zero-order chi connectivity index (χ0) is 12.1. The van der Waals surface area contributed by atoms with Gasteiger partial charge in [0.2, 0.25) is 0 Å². The largest absolute Gasteiger partial charge is 0.319 e. The molecule has 1 aromatic heterocycles. The van der Waals surface area contributed by atoms with Gasteiger partial charge in [-0.3, -0.25) is 4.68 Å². The van der Waals surface area contributed by atoms with Crippen LogP contribution in [0.5, 0.6) is 0 Å². The van der Waals surface area contributed by atoms with Crippen LogP contribution in [0, 0.1) is 6.92 Å². The number of hydrogen-bond acceptors (Lipinski definition) is 2. The standard InChI is InChI=1S/C14H19N3/c1-12-7-10-16-17(12)11-14-5-3-13(4-6-14)8-9-15-2/h3-7,10,15H,8-9,11H2,1-2H3. The van der Waals surface area contributed by atoms with Crippen LogP contribution in [0.15, 0.2) is 36.5 Å². The smallest absolute Gasteiger partial charge is 0.0662 e. The van der Waals surface area contributed by atoms with Crippen LogP contribution in [0.3, 0.4) is 0 Å². The van der Waals surface area contributed by atoms with Crippen molar-refractivity contribution in [3.63, 3.8) is 0 Å². The highest BCUT2D eigenvalue weighted by Gasteiger charge is 1.99. The van der Waals surface area contributed by atoms with E-state index in [1.54, 1.807) is 0 Å². The first-order chi connectivity index (χ1) is 8.29. The number of nitrogens with one attached hydrogen (secondary N) is 1. The molecule has 0 fully saturated rings. The normalized spacial score (nSPS) is 10.7. The van der Waals surface area contributed by atoms with Gasteiger partial charge in [-0.25, -0.2) is 0 Å². The summed E-state index contributed by atoms with van der Waals surface area (Å²) in [6, 6.07) is 10.8. The van der Waals surface area contributed by atoms with E-state index in [0.717, 1.165) is 19.5 Å². The Balaban J connectivity index is 2.01. The molecular weight excluding hydrogens is 210 g/mol. The number of nitrogens with zero attached hydrogens (tertiary/aromatic N) is 2. The molecule has 0 saturated carbocycles. The molecule has 1 N–H and O–H groups in total. The van der Waals surface area contributed by atoms with Gasteiger partial charge in [-0.15, -0.1) is 0 Å². The molecule has 0 aliphatic rings. The maximum absolute atomic E-state index is 4.29. The predicted molar refractivity (Wildman–Crippen MR) is 70.1 cm³/mol. The van der Waals surface area contributed by atoms with Crippen molar-refractivity contribution in [3.8, 4) is 0 Å². The fourth-order valence-electron chi connectivity index (χ4n) is 1.82. The first kappa shape index (κ1) is 11.9. The van der Waals surface area contributed by atoms with Crippen molar-refractivity contribution in [1.82, 2.24) is 15.1 Å². The molecule has 0 spiro atoms. The molecule has 0 atom stereocenters. The van der Waals surface area contributed by atoms with Crippen LogP contribution in [0.2, 0.25) is 0 Å². The Morgan fingerprint density at radius 2 is 1.82 bits per heavy atom. The second-order valence-corrected chi connectivity index (χ2v) is 4.30. The van der Waals surface area contributed by atoms with Crippen molar-refractivity contribution in [2.45, 2.75) is 19.9 Å². The second kappa shape index (κ2) is 5.64. The summed E-state index contributed by atoms with van der Waals surface area (Å²) in [4.78, 5) is 0. The molecule has 0 unspecified atom stereocenters. The van der Waals surface area contributed by atoms with Gasteiger partial charge in [0.15, 0.2) is 0 Å². The zero-order valence-electron chi connectivity index (χ0n) is 10.5. The maximum atomic E-state index is 4.29. The lowest BCUT2D eigenvalue weighted by Gasteiger charge is -2.06. The molecule has 0 bridgehead atoms. The Kier molecular flexibility index (Phi) is 3.94. The summed E-state index contributed by atoms with van der Waals surface area (Å²) in [5, 5.41) is 7.45. The summed E-state index contributed by atoms with van der Waals surface area (Å²) in [7, 11) is 1.98. The van der Waals surface area contributed by atoms with E-state index in [1.807, 2.05) is 24.0 Å². The SMILES string of the molecule is CNCCc1ccc(Cn2nccc2C)cc1. The molecule has 0 aliphatic heterocycles. The number of benzene rings is 1. The zero-order valence-corrected chi connectivity index (χ0v) is 10.5. The highest BCUT2D eigenvalue weighted by molar-refractivity contribution is 5.23. The molecule has 1 heterocycles. The van der Waals surface area contributed by atoms with Gasteiger partial charge in [0.25, 0.3) is 0 Å². The van der Waals surface area contributed by atoms with E-state index >= 15 is 0 Å². The highest BCUT2D eigenvalue weighted by atomic mass is 15.3. The molecular formula is C14H19N3. The van der Waals surface area contributed by atoms with Crippen LogP contribution < -0.4 is 5.32 Å². The van der Waals surface area contributed by atoms with Crippen molar-refractivity contribution >= 4 is 0 Å².